The lowest BCUT2D eigenvalue weighted by Crippen LogP contribution is -2.30. The van der Waals surface area contributed by atoms with Gasteiger partial charge in [0.1, 0.15) is 13.2 Å². The van der Waals surface area contributed by atoms with Crippen LogP contribution in [0.3, 0.4) is 0 Å². The Bertz CT molecular complexity index is 1160. The topological polar surface area (TPSA) is 78.9 Å². The highest BCUT2D eigenvalue weighted by molar-refractivity contribution is 5.71. The van der Waals surface area contributed by atoms with Gasteiger partial charge in [0.05, 0.1) is 0 Å². The number of rotatable bonds is 41. The molecule has 0 spiro atoms. The number of ether oxygens (including phenoxy) is 3. The Morgan fingerprint density at radius 2 is 0.776 bits per heavy atom. The van der Waals surface area contributed by atoms with Crippen molar-refractivity contribution in [3.05, 3.63) is 85.1 Å². The minimum absolute atomic E-state index is 0.106. The average Bonchev–Trinajstić information content (AvgIpc) is 3.22. The molecule has 1 atom stereocenters. The van der Waals surface area contributed by atoms with Gasteiger partial charge in [-0.2, -0.15) is 0 Å². The number of esters is 3. The summed E-state index contributed by atoms with van der Waals surface area (Å²) in [6.45, 7) is 6.30. The van der Waals surface area contributed by atoms with Gasteiger partial charge in [-0.1, -0.05) is 183 Å². The number of hydrogen-bond acceptors (Lipinski definition) is 6. The van der Waals surface area contributed by atoms with E-state index in [4.69, 9.17) is 14.2 Å². The first-order valence-corrected chi connectivity index (χ1v) is 23.6. The van der Waals surface area contributed by atoms with Crippen LogP contribution in [0.2, 0.25) is 0 Å². The summed E-state index contributed by atoms with van der Waals surface area (Å²) < 4.78 is 16.7. The maximum absolute atomic E-state index is 12.7. The zero-order chi connectivity index (χ0) is 42.3. The van der Waals surface area contributed by atoms with Gasteiger partial charge in [0.2, 0.25) is 0 Å². The molecule has 0 aromatic rings. The van der Waals surface area contributed by atoms with Gasteiger partial charge < -0.3 is 14.2 Å². The summed E-state index contributed by atoms with van der Waals surface area (Å²) in [5.74, 6) is -0.996. The highest BCUT2D eigenvalue weighted by atomic mass is 16.6. The predicted octanol–water partition coefficient (Wildman–Crippen LogP) is 15.3. The molecule has 0 radical (unpaired) electrons. The van der Waals surface area contributed by atoms with Crippen LogP contribution in [0.15, 0.2) is 85.1 Å². The molecule has 0 aliphatic rings. The van der Waals surface area contributed by atoms with Crippen molar-refractivity contribution in [2.75, 3.05) is 13.2 Å². The van der Waals surface area contributed by atoms with Gasteiger partial charge in [0, 0.05) is 19.3 Å². The van der Waals surface area contributed by atoms with E-state index in [9.17, 15) is 14.4 Å². The second-order valence-corrected chi connectivity index (χ2v) is 15.3. The molecule has 0 N–H and O–H groups in total. The van der Waals surface area contributed by atoms with Crippen molar-refractivity contribution in [2.24, 2.45) is 0 Å². The normalized spacial score (nSPS) is 12.8. The highest BCUT2D eigenvalue weighted by Gasteiger charge is 2.19. The van der Waals surface area contributed by atoms with Gasteiger partial charge in [0.25, 0.3) is 0 Å². The van der Waals surface area contributed by atoms with Crippen molar-refractivity contribution < 1.29 is 28.6 Å². The second-order valence-electron chi connectivity index (χ2n) is 15.3. The van der Waals surface area contributed by atoms with E-state index in [0.29, 0.717) is 19.3 Å². The summed E-state index contributed by atoms with van der Waals surface area (Å²) in [4.78, 5) is 37.8. The third kappa shape index (κ3) is 43.7. The number of allylic oxidation sites excluding steroid dienone is 14. The van der Waals surface area contributed by atoms with E-state index >= 15 is 0 Å². The molecule has 58 heavy (non-hydrogen) atoms. The first-order valence-electron chi connectivity index (χ1n) is 23.6. The Morgan fingerprint density at radius 1 is 0.379 bits per heavy atom. The van der Waals surface area contributed by atoms with Crippen LogP contribution < -0.4 is 0 Å². The molecular weight excluding hydrogens is 721 g/mol. The molecule has 0 rings (SSSR count). The van der Waals surface area contributed by atoms with Crippen LogP contribution in [-0.4, -0.2) is 37.2 Å². The molecule has 0 aliphatic carbocycles. The molecule has 0 fully saturated rings. The standard InChI is InChI=1S/C52H86O6/c1-4-7-10-13-16-19-22-24-26-28-30-33-36-39-42-45-51(54)57-48-49(47-56-50(53)44-41-38-35-32-29-21-18-15-12-9-6-3)58-52(55)46-43-40-37-34-31-27-25-23-20-17-14-11-8-5-2/h7,9-10,12-13,16,18-19,21-22,27,31-32,35,49H,4-6,8,11,14-15,17,20,23-26,28-30,33-34,36-48H2,1-3H3/b10-7-,12-9-,16-13-,21-18-,22-19-,31-27-,35-32-. The van der Waals surface area contributed by atoms with E-state index in [1.54, 1.807) is 0 Å². The fourth-order valence-electron chi connectivity index (χ4n) is 6.16. The lowest BCUT2D eigenvalue weighted by Gasteiger charge is -2.18. The molecule has 1 unspecified atom stereocenters. The highest BCUT2D eigenvalue weighted by Crippen LogP contribution is 2.13. The first-order chi connectivity index (χ1) is 28.5. The van der Waals surface area contributed by atoms with Gasteiger partial charge in [-0.3, -0.25) is 14.4 Å². The summed E-state index contributed by atoms with van der Waals surface area (Å²) in [7, 11) is 0. The fourth-order valence-corrected chi connectivity index (χ4v) is 6.16. The summed E-state index contributed by atoms with van der Waals surface area (Å²) in [6.07, 6.45) is 58.6. The van der Waals surface area contributed by atoms with Crippen LogP contribution in [-0.2, 0) is 28.6 Å². The third-order valence-corrected chi connectivity index (χ3v) is 9.68. The van der Waals surface area contributed by atoms with Gasteiger partial charge in [-0.05, 0) is 89.9 Å². The molecule has 0 amide bonds. The Balaban J connectivity index is 4.48. The zero-order valence-corrected chi connectivity index (χ0v) is 37.5. The molecule has 0 aromatic carbocycles. The van der Waals surface area contributed by atoms with Gasteiger partial charge in [0.15, 0.2) is 6.10 Å². The number of carbonyl (C=O) groups excluding carboxylic acids is 3. The Labute approximate surface area is 356 Å². The molecule has 6 heteroatoms. The summed E-state index contributed by atoms with van der Waals surface area (Å²) in [5, 5.41) is 0. The molecule has 6 nitrogen and oxygen atoms in total. The van der Waals surface area contributed by atoms with E-state index in [2.05, 4.69) is 106 Å². The van der Waals surface area contributed by atoms with Crippen LogP contribution in [0.1, 0.15) is 207 Å². The molecule has 0 heterocycles. The first kappa shape index (κ1) is 54.6. The molecule has 0 aromatic heterocycles. The van der Waals surface area contributed by atoms with Crippen molar-refractivity contribution in [2.45, 2.75) is 213 Å². The smallest absolute Gasteiger partial charge is 0.306 e. The van der Waals surface area contributed by atoms with Crippen LogP contribution in [0, 0.1) is 0 Å². The lowest BCUT2D eigenvalue weighted by molar-refractivity contribution is -0.167. The summed E-state index contributed by atoms with van der Waals surface area (Å²) >= 11 is 0. The molecule has 0 aliphatic heterocycles. The second kappa shape index (κ2) is 46.3. The SMILES string of the molecule is CC\C=C/C=C\C=C/CCCCCCCCCC(=O)OCC(COC(=O)CCC/C=C\C/C=C\C/C=C\CC)OC(=O)CCCCC/C=C\CCCCCCCCC. The van der Waals surface area contributed by atoms with Crippen molar-refractivity contribution in [1.82, 2.24) is 0 Å². The minimum Gasteiger partial charge on any atom is -0.462 e. The maximum atomic E-state index is 12.7. The van der Waals surface area contributed by atoms with Crippen LogP contribution in [0.4, 0.5) is 0 Å². The van der Waals surface area contributed by atoms with Crippen molar-refractivity contribution in [1.29, 1.82) is 0 Å². The number of hydrogen-bond donors (Lipinski definition) is 0. The van der Waals surface area contributed by atoms with Crippen LogP contribution in [0.5, 0.6) is 0 Å². The zero-order valence-electron chi connectivity index (χ0n) is 37.5. The molecule has 0 bridgehead atoms. The Hall–Kier alpha value is -3.41. The molecule has 330 valence electrons. The van der Waals surface area contributed by atoms with Gasteiger partial charge >= 0.3 is 17.9 Å². The van der Waals surface area contributed by atoms with E-state index in [1.165, 1.54) is 70.6 Å². The van der Waals surface area contributed by atoms with E-state index in [1.807, 2.05) is 0 Å². The summed E-state index contributed by atoms with van der Waals surface area (Å²) in [5.41, 5.74) is 0. The predicted molar refractivity (Wildman–Crippen MR) is 247 cm³/mol. The minimum atomic E-state index is -0.808. The van der Waals surface area contributed by atoms with Crippen molar-refractivity contribution in [3.63, 3.8) is 0 Å². The summed E-state index contributed by atoms with van der Waals surface area (Å²) in [6, 6.07) is 0. The monoisotopic (exact) mass is 807 g/mol. The fraction of sp³-hybridized carbons (Fsp3) is 0.673. The van der Waals surface area contributed by atoms with Crippen LogP contribution in [0.25, 0.3) is 0 Å². The maximum Gasteiger partial charge on any atom is 0.306 e. The Morgan fingerprint density at radius 3 is 1.34 bits per heavy atom. The van der Waals surface area contributed by atoms with Crippen molar-refractivity contribution >= 4 is 17.9 Å². The van der Waals surface area contributed by atoms with Crippen molar-refractivity contribution in [3.8, 4) is 0 Å². The van der Waals surface area contributed by atoms with E-state index < -0.39 is 6.10 Å². The quantitative estimate of drug-likeness (QED) is 0.0201. The Kier molecular flexibility index (Phi) is 43.6. The van der Waals surface area contributed by atoms with E-state index in [0.717, 1.165) is 89.9 Å². The number of carbonyl (C=O) groups is 3. The third-order valence-electron chi connectivity index (χ3n) is 9.68. The van der Waals surface area contributed by atoms with Gasteiger partial charge in [-0.25, -0.2) is 0 Å². The number of unbranched alkanes of at least 4 members (excludes halogenated alkanes) is 18. The molecule has 0 saturated heterocycles. The van der Waals surface area contributed by atoms with E-state index in [-0.39, 0.29) is 37.5 Å². The molecular formula is C52H86O6. The average molecular weight is 807 g/mol. The lowest BCUT2D eigenvalue weighted by atomic mass is 10.1. The largest absolute Gasteiger partial charge is 0.462 e. The van der Waals surface area contributed by atoms with Crippen LogP contribution >= 0.6 is 0 Å². The van der Waals surface area contributed by atoms with Gasteiger partial charge in [-0.15, -0.1) is 0 Å². The molecule has 0 saturated carbocycles.